The van der Waals surface area contributed by atoms with Crippen LogP contribution in [-0.4, -0.2) is 64.9 Å². The first-order valence-electron chi connectivity index (χ1n) is 23.8. The van der Waals surface area contributed by atoms with Crippen molar-refractivity contribution in [1.29, 1.82) is 0 Å². The number of hydrogen-bond donors (Lipinski definition) is 2. The third kappa shape index (κ3) is 10.1. The lowest BCUT2D eigenvalue weighted by Gasteiger charge is -2.64. The molecule has 1 aliphatic heterocycles. The molecule has 3 heterocycles. The van der Waals surface area contributed by atoms with Crippen LogP contribution in [0.3, 0.4) is 0 Å². The van der Waals surface area contributed by atoms with Crippen LogP contribution in [0.4, 0.5) is 0 Å². The zero-order chi connectivity index (χ0) is 49.4. The molecule has 4 aliphatic rings. The van der Waals surface area contributed by atoms with Gasteiger partial charge in [-0.1, -0.05) is 98.8 Å². The van der Waals surface area contributed by atoms with E-state index in [0.717, 1.165) is 29.5 Å². The number of esters is 1. The second kappa shape index (κ2) is 19.6. The highest BCUT2D eigenvalue weighted by Gasteiger charge is 2.68. The van der Waals surface area contributed by atoms with Gasteiger partial charge in [0.15, 0.2) is 0 Å². The van der Waals surface area contributed by atoms with E-state index in [1.807, 2.05) is 72.8 Å². The van der Waals surface area contributed by atoms with Crippen molar-refractivity contribution in [3.63, 3.8) is 0 Å². The van der Waals surface area contributed by atoms with Gasteiger partial charge in [0.05, 0.1) is 54.4 Å². The lowest BCUT2D eigenvalue weighted by Crippen LogP contribution is -2.65. The highest BCUT2D eigenvalue weighted by Crippen LogP contribution is 2.66. The summed E-state index contributed by atoms with van der Waals surface area (Å²) in [6.45, 7) is 12.1. The summed E-state index contributed by atoms with van der Waals surface area (Å²) in [7, 11) is -3.41. The standard InChI is InChI=1S/C54H60BN4O10P/c1-52(2,3)67-51(62)43-20-14-19-38(48(43)64-7)29-46(55-68-45-31-40-30-44(53(40,4)5)54(45,6)69-55)57-50(61)47(58-49(60)39-21-24-41-27-28-56-59(41)32-39)37-22-25-42(26-23-37)70(63,65-33-35-15-10-8-11-16-35)66-34-36-17-12-9-13-18-36/h8-28,32,40,44-47H,29-31,33-34H2,1-7H3,(H,57,61)(H,58,60)/t40-,44-,45+,46?,47?,54-/m0/s1. The quantitative estimate of drug-likeness (QED) is 0.0509. The number of para-hydroxylation sites is 1. The summed E-state index contributed by atoms with van der Waals surface area (Å²) in [4.78, 5) is 43.0. The largest absolute Gasteiger partial charge is 0.496 e. The molecule has 0 spiro atoms. The molecule has 364 valence electrons. The van der Waals surface area contributed by atoms with Gasteiger partial charge in [0, 0.05) is 12.4 Å². The van der Waals surface area contributed by atoms with Crippen LogP contribution in [0.2, 0.25) is 0 Å². The molecule has 2 bridgehead atoms. The Bertz CT molecular complexity index is 2860. The van der Waals surface area contributed by atoms with Gasteiger partial charge in [0.1, 0.15) is 23.0 Å². The number of carbonyl (C=O) groups excluding carboxylic acids is 3. The fourth-order valence-corrected chi connectivity index (χ4v) is 11.9. The van der Waals surface area contributed by atoms with Gasteiger partial charge < -0.3 is 38.5 Å². The molecule has 6 aromatic rings. The normalized spacial score (nSPS) is 21.2. The number of ether oxygens (including phenoxy) is 2. The molecule has 16 heteroatoms. The second-order valence-corrected chi connectivity index (χ2v) is 22.3. The van der Waals surface area contributed by atoms with Crippen LogP contribution in [0, 0.1) is 17.3 Å². The summed E-state index contributed by atoms with van der Waals surface area (Å²) in [5, 5.41) is 10.8. The Morgan fingerprint density at radius 1 is 0.843 bits per heavy atom. The Hall–Kier alpha value is -6.09. The predicted octanol–water partition coefficient (Wildman–Crippen LogP) is 9.02. The summed E-state index contributed by atoms with van der Waals surface area (Å²) in [6, 6.07) is 34.4. The van der Waals surface area contributed by atoms with Crippen molar-refractivity contribution in [2.24, 2.45) is 17.3 Å². The number of aromatic nitrogens is 2. The zero-order valence-electron chi connectivity index (χ0n) is 40.6. The Kier molecular flexibility index (Phi) is 13.7. The van der Waals surface area contributed by atoms with Crippen molar-refractivity contribution in [3.8, 4) is 5.75 Å². The number of fused-ring (bicyclic) bond motifs is 1. The predicted molar refractivity (Wildman–Crippen MR) is 265 cm³/mol. The molecular formula is C54H60BN4O10P. The third-order valence-corrected chi connectivity index (χ3v) is 16.1. The molecule has 3 saturated carbocycles. The topological polar surface area (TPSA) is 165 Å². The summed E-state index contributed by atoms with van der Waals surface area (Å²) in [5.74, 6) is -1.52. The number of benzene rings is 4. The van der Waals surface area contributed by atoms with Crippen molar-refractivity contribution < 1.29 is 46.8 Å². The average Bonchev–Trinajstić information content (AvgIpc) is 3.98. The number of pyridine rings is 1. The molecule has 2 aromatic heterocycles. The molecule has 6 atom stereocenters. The minimum atomic E-state index is -3.98. The van der Waals surface area contributed by atoms with E-state index in [1.165, 1.54) is 7.11 Å². The molecule has 2 N–H and O–H groups in total. The fraction of sp³-hybridized carbons (Fsp3) is 0.370. The highest BCUT2D eigenvalue weighted by atomic mass is 31.2. The first-order valence-corrected chi connectivity index (χ1v) is 25.3. The van der Waals surface area contributed by atoms with Crippen molar-refractivity contribution in [2.45, 2.75) is 103 Å². The van der Waals surface area contributed by atoms with E-state index >= 15 is 4.79 Å². The Morgan fingerprint density at radius 2 is 1.51 bits per heavy atom. The third-order valence-electron chi connectivity index (χ3n) is 14.2. The minimum Gasteiger partial charge on any atom is -0.496 e. The Morgan fingerprint density at radius 3 is 2.14 bits per heavy atom. The van der Waals surface area contributed by atoms with Crippen LogP contribution < -0.4 is 20.7 Å². The van der Waals surface area contributed by atoms with E-state index < -0.39 is 55.7 Å². The number of hydrogen-bond acceptors (Lipinski definition) is 11. The number of carbonyl (C=O) groups is 3. The van der Waals surface area contributed by atoms with Crippen LogP contribution >= 0.6 is 7.60 Å². The maximum absolute atomic E-state index is 15.2. The van der Waals surface area contributed by atoms with E-state index in [4.69, 9.17) is 27.8 Å². The summed E-state index contributed by atoms with van der Waals surface area (Å²) < 4.78 is 54.1. The van der Waals surface area contributed by atoms with E-state index in [0.29, 0.717) is 22.8 Å². The number of methoxy groups -OCH3 is 1. The highest BCUT2D eigenvalue weighted by molar-refractivity contribution is 7.62. The zero-order valence-corrected chi connectivity index (χ0v) is 41.5. The molecule has 4 fully saturated rings. The summed E-state index contributed by atoms with van der Waals surface area (Å²) >= 11 is 0. The van der Waals surface area contributed by atoms with Gasteiger partial charge in [-0.25, -0.2) is 9.31 Å². The van der Waals surface area contributed by atoms with Gasteiger partial charge in [0.25, 0.3) is 5.91 Å². The molecule has 14 nitrogen and oxygen atoms in total. The SMILES string of the molecule is COc1c(CC(NC(=O)C(NC(=O)c2ccc3ccnn3c2)c2ccc(P(=O)(OCc3ccccc3)OCc3ccccc3)cc2)B2O[C@@H]3C[C@@H]4C[C@@H](C4(C)C)[C@]3(C)O2)cccc1C(=O)OC(C)(C)C. The van der Waals surface area contributed by atoms with Crippen molar-refractivity contribution in [1.82, 2.24) is 20.2 Å². The molecule has 1 saturated heterocycles. The molecule has 70 heavy (non-hydrogen) atoms. The number of rotatable bonds is 17. The molecule has 2 amide bonds. The molecule has 10 rings (SSSR count). The lowest BCUT2D eigenvalue weighted by molar-refractivity contribution is -0.199. The van der Waals surface area contributed by atoms with Gasteiger partial charge >= 0.3 is 20.7 Å². The van der Waals surface area contributed by atoms with E-state index in [1.54, 1.807) is 86.2 Å². The van der Waals surface area contributed by atoms with Crippen LogP contribution in [0.1, 0.15) is 103 Å². The van der Waals surface area contributed by atoms with E-state index in [2.05, 4.69) is 36.5 Å². The molecule has 0 radical (unpaired) electrons. The number of nitrogens with zero attached hydrogens (tertiary/aromatic N) is 2. The van der Waals surface area contributed by atoms with Crippen LogP contribution in [0.15, 0.2) is 134 Å². The maximum atomic E-state index is 15.2. The fourth-order valence-electron chi connectivity index (χ4n) is 10.3. The molecular weight excluding hydrogens is 906 g/mol. The molecule has 2 unspecified atom stereocenters. The van der Waals surface area contributed by atoms with Gasteiger partial charge in [-0.3, -0.25) is 14.2 Å². The second-order valence-electron chi connectivity index (χ2n) is 20.3. The summed E-state index contributed by atoms with van der Waals surface area (Å²) in [5.41, 5.74) is 2.55. The monoisotopic (exact) mass is 966 g/mol. The lowest BCUT2D eigenvalue weighted by atomic mass is 9.43. The van der Waals surface area contributed by atoms with Crippen LogP contribution in [0.5, 0.6) is 5.75 Å². The molecule has 4 aromatic carbocycles. The Labute approximate surface area is 409 Å². The maximum Gasteiger partial charge on any atom is 0.482 e. The van der Waals surface area contributed by atoms with Crippen molar-refractivity contribution >= 4 is 43.3 Å². The minimum absolute atomic E-state index is 0.0211. The first-order chi connectivity index (χ1) is 33.4. The van der Waals surface area contributed by atoms with Crippen molar-refractivity contribution in [3.05, 3.63) is 167 Å². The smallest absolute Gasteiger partial charge is 0.482 e. The first kappa shape index (κ1) is 48.9. The Balaban J connectivity index is 1.06. The average molecular weight is 967 g/mol. The molecule has 3 aliphatic carbocycles. The van der Waals surface area contributed by atoms with Crippen LogP contribution in [-0.2, 0) is 52.1 Å². The van der Waals surface area contributed by atoms with Gasteiger partial charge in [0.2, 0.25) is 5.91 Å². The van der Waals surface area contributed by atoms with E-state index in [9.17, 15) is 14.2 Å². The van der Waals surface area contributed by atoms with Crippen LogP contribution in [0.25, 0.3) is 5.52 Å². The van der Waals surface area contributed by atoms with Gasteiger partial charge in [-0.15, -0.1) is 0 Å². The number of nitrogens with one attached hydrogen (secondary N) is 2. The number of amides is 2. The van der Waals surface area contributed by atoms with Crippen molar-refractivity contribution in [2.75, 3.05) is 7.11 Å². The van der Waals surface area contributed by atoms with E-state index in [-0.39, 0.29) is 53.5 Å². The summed E-state index contributed by atoms with van der Waals surface area (Å²) in [6.07, 6.45) is 4.96. The van der Waals surface area contributed by atoms with Gasteiger partial charge in [-0.2, -0.15) is 5.10 Å². The van der Waals surface area contributed by atoms with Gasteiger partial charge in [-0.05, 0) is 123 Å².